The molecule has 0 spiro atoms. The molecule has 0 unspecified atom stereocenters. The van der Waals surface area contributed by atoms with E-state index in [1.54, 1.807) is 7.11 Å². The fourth-order valence-corrected chi connectivity index (χ4v) is 2.06. The van der Waals surface area contributed by atoms with Crippen LogP contribution in [0.4, 0.5) is 5.95 Å². The molecule has 0 amide bonds. The highest BCUT2D eigenvalue weighted by atomic mass is 16.5. The van der Waals surface area contributed by atoms with Crippen molar-refractivity contribution in [1.29, 1.82) is 0 Å². The third-order valence-corrected chi connectivity index (χ3v) is 3.15. The second-order valence-corrected chi connectivity index (χ2v) is 4.86. The normalized spacial score (nSPS) is 11.0. The van der Waals surface area contributed by atoms with Crippen molar-refractivity contribution in [2.24, 2.45) is 0 Å². The maximum absolute atomic E-state index is 5.70. The Bertz CT molecular complexity index is 589. The molecule has 2 aromatic heterocycles. The van der Waals surface area contributed by atoms with Gasteiger partial charge in [0.15, 0.2) is 5.52 Å². The molecule has 0 aliphatic heterocycles. The van der Waals surface area contributed by atoms with Gasteiger partial charge in [0.2, 0.25) is 11.8 Å². The Morgan fingerprint density at radius 1 is 1.10 bits per heavy atom. The first kappa shape index (κ1) is 15.4. The average Bonchev–Trinajstić information content (AvgIpc) is 2.48. The quantitative estimate of drug-likeness (QED) is 0.751. The average molecular weight is 290 g/mol. The molecule has 114 valence electrons. The Kier molecular flexibility index (Phi) is 5.68. The van der Waals surface area contributed by atoms with Gasteiger partial charge in [-0.15, -0.1) is 0 Å². The third kappa shape index (κ3) is 4.26. The summed E-state index contributed by atoms with van der Waals surface area (Å²) in [4.78, 5) is 13.0. The first-order valence-corrected chi connectivity index (χ1v) is 7.29. The van der Waals surface area contributed by atoms with E-state index in [0.29, 0.717) is 30.1 Å². The number of fused-ring (bicyclic) bond motifs is 1. The van der Waals surface area contributed by atoms with E-state index >= 15 is 0 Å². The van der Waals surface area contributed by atoms with Crippen LogP contribution in [0.2, 0.25) is 0 Å². The van der Waals surface area contributed by atoms with Crippen molar-refractivity contribution in [3.05, 3.63) is 17.8 Å². The number of hydrogen-bond acceptors (Lipinski definition) is 6. The highest BCUT2D eigenvalue weighted by Gasteiger charge is 2.10. The molecule has 0 aromatic carbocycles. The molecule has 0 fully saturated rings. The molecule has 6 nitrogen and oxygen atoms in total. The minimum absolute atomic E-state index is 0.190. The molecule has 0 aliphatic rings. The van der Waals surface area contributed by atoms with Crippen LogP contribution in [0, 0.1) is 0 Å². The van der Waals surface area contributed by atoms with Gasteiger partial charge in [0.25, 0.3) is 0 Å². The lowest BCUT2D eigenvalue weighted by molar-refractivity contribution is 0.144. The molecule has 21 heavy (non-hydrogen) atoms. The summed E-state index contributed by atoms with van der Waals surface area (Å²) in [5.74, 6) is 0.613. The molecule has 2 rings (SSSR count). The summed E-state index contributed by atoms with van der Waals surface area (Å²) in [6, 6.07) is 3.91. The number of nitrogens with zero attached hydrogens (tertiary/aromatic N) is 3. The summed E-state index contributed by atoms with van der Waals surface area (Å²) < 4.78 is 10.6. The molecular weight excluding hydrogens is 268 g/mol. The van der Waals surface area contributed by atoms with Crippen LogP contribution < -0.4 is 10.5 Å². The molecule has 0 atom stereocenters. The van der Waals surface area contributed by atoms with Crippen LogP contribution in [0.25, 0.3) is 11.0 Å². The Morgan fingerprint density at radius 2 is 1.95 bits per heavy atom. The minimum Gasteiger partial charge on any atom is -0.474 e. The topological polar surface area (TPSA) is 83.2 Å². The number of hydrogen-bond donors (Lipinski definition) is 1. The van der Waals surface area contributed by atoms with E-state index in [4.69, 9.17) is 15.2 Å². The van der Waals surface area contributed by atoms with Crippen molar-refractivity contribution in [1.82, 2.24) is 15.0 Å². The van der Waals surface area contributed by atoms with E-state index in [9.17, 15) is 0 Å². The van der Waals surface area contributed by atoms with Gasteiger partial charge >= 0.3 is 0 Å². The number of anilines is 1. The van der Waals surface area contributed by atoms with Crippen molar-refractivity contribution in [2.75, 3.05) is 26.1 Å². The summed E-state index contributed by atoms with van der Waals surface area (Å²) >= 11 is 0. The number of nitrogens with two attached hydrogens (primary N) is 1. The molecule has 2 heterocycles. The van der Waals surface area contributed by atoms with Gasteiger partial charge in [0.05, 0.1) is 12.1 Å². The van der Waals surface area contributed by atoms with Crippen LogP contribution in [0.3, 0.4) is 0 Å². The van der Waals surface area contributed by atoms with Crippen LogP contribution in [0.5, 0.6) is 5.88 Å². The van der Waals surface area contributed by atoms with Gasteiger partial charge in [0.1, 0.15) is 6.61 Å². The predicted molar refractivity (Wildman–Crippen MR) is 82.3 cm³/mol. The number of nitrogen functional groups attached to an aromatic ring is 1. The van der Waals surface area contributed by atoms with Gasteiger partial charge in [0, 0.05) is 12.8 Å². The van der Waals surface area contributed by atoms with Crippen LogP contribution >= 0.6 is 0 Å². The highest BCUT2D eigenvalue weighted by Crippen LogP contribution is 2.22. The lowest BCUT2D eigenvalue weighted by Gasteiger charge is -2.09. The van der Waals surface area contributed by atoms with Crippen LogP contribution in [0.1, 0.15) is 31.9 Å². The largest absolute Gasteiger partial charge is 0.474 e. The van der Waals surface area contributed by atoms with E-state index in [-0.39, 0.29) is 5.95 Å². The monoisotopic (exact) mass is 290 g/mol. The van der Waals surface area contributed by atoms with E-state index < -0.39 is 0 Å². The molecule has 0 saturated carbocycles. The number of rotatable bonds is 8. The molecule has 0 bridgehead atoms. The van der Waals surface area contributed by atoms with Gasteiger partial charge in [-0.05, 0) is 25.0 Å². The minimum atomic E-state index is 0.190. The Balaban J connectivity index is 2.24. The number of methoxy groups -OCH3 is 1. The molecule has 0 saturated heterocycles. The van der Waals surface area contributed by atoms with Crippen molar-refractivity contribution in [2.45, 2.75) is 32.6 Å². The molecule has 0 aliphatic carbocycles. The first-order valence-electron chi connectivity index (χ1n) is 7.29. The predicted octanol–water partition coefficient (Wildman–Crippen LogP) is 2.36. The molecular formula is C15H22N4O2. The van der Waals surface area contributed by atoms with Crippen LogP contribution in [-0.2, 0) is 11.2 Å². The van der Waals surface area contributed by atoms with E-state index in [2.05, 4.69) is 21.9 Å². The molecule has 0 radical (unpaired) electrons. The van der Waals surface area contributed by atoms with Gasteiger partial charge < -0.3 is 15.2 Å². The number of unbranched alkanes of at least 4 members (excludes halogenated alkanes) is 2. The Hall–Kier alpha value is -1.95. The van der Waals surface area contributed by atoms with Crippen molar-refractivity contribution < 1.29 is 9.47 Å². The lowest BCUT2D eigenvalue weighted by atomic mass is 10.1. The highest BCUT2D eigenvalue weighted by molar-refractivity contribution is 5.80. The fraction of sp³-hybridized carbons (Fsp3) is 0.533. The van der Waals surface area contributed by atoms with Gasteiger partial charge in [-0.25, -0.2) is 9.97 Å². The Morgan fingerprint density at radius 3 is 2.71 bits per heavy atom. The van der Waals surface area contributed by atoms with Crippen molar-refractivity contribution in [3.63, 3.8) is 0 Å². The molecule has 6 heteroatoms. The number of ether oxygens (including phenoxy) is 2. The smallest absolute Gasteiger partial charge is 0.245 e. The second kappa shape index (κ2) is 7.73. The standard InChI is InChI=1S/C15H22N4O2/c1-3-4-5-6-11-7-8-12-13(17-11)14(19-15(16)18-12)21-10-9-20-2/h7-8H,3-6,9-10H2,1-2H3,(H2,16,18,19). The summed E-state index contributed by atoms with van der Waals surface area (Å²) in [7, 11) is 1.62. The lowest BCUT2D eigenvalue weighted by Crippen LogP contribution is -2.08. The zero-order valence-electron chi connectivity index (χ0n) is 12.6. The maximum atomic E-state index is 5.70. The summed E-state index contributed by atoms with van der Waals surface area (Å²) in [5, 5.41) is 0. The van der Waals surface area contributed by atoms with Crippen molar-refractivity contribution in [3.8, 4) is 5.88 Å². The SMILES string of the molecule is CCCCCc1ccc2nc(N)nc(OCCOC)c2n1. The number of aromatic nitrogens is 3. The molecule has 2 aromatic rings. The van der Waals surface area contributed by atoms with Gasteiger partial charge in [-0.1, -0.05) is 19.8 Å². The van der Waals surface area contributed by atoms with Crippen LogP contribution in [0.15, 0.2) is 12.1 Å². The summed E-state index contributed by atoms with van der Waals surface area (Å²) in [6.45, 7) is 3.08. The van der Waals surface area contributed by atoms with E-state index in [1.807, 2.05) is 12.1 Å². The number of pyridine rings is 1. The Labute approximate surface area is 124 Å². The van der Waals surface area contributed by atoms with E-state index in [1.165, 1.54) is 12.8 Å². The first-order chi connectivity index (χ1) is 10.2. The van der Waals surface area contributed by atoms with Crippen molar-refractivity contribution >= 4 is 17.0 Å². The van der Waals surface area contributed by atoms with Crippen LogP contribution in [-0.4, -0.2) is 35.3 Å². The zero-order chi connectivity index (χ0) is 15.1. The zero-order valence-corrected chi connectivity index (χ0v) is 12.6. The van der Waals surface area contributed by atoms with E-state index in [0.717, 1.165) is 18.5 Å². The number of aryl methyl sites for hydroxylation is 1. The second-order valence-electron chi connectivity index (χ2n) is 4.86. The maximum Gasteiger partial charge on any atom is 0.245 e. The molecule has 2 N–H and O–H groups in total. The summed E-state index contributed by atoms with van der Waals surface area (Å²) in [6.07, 6.45) is 4.48. The van der Waals surface area contributed by atoms with Gasteiger partial charge in [-0.2, -0.15) is 4.98 Å². The fourth-order valence-electron chi connectivity index (χ4n) is 2.06. The van der Waals surface area contributed by atoms with Gasteiger partial charge in [-0.3, -0.25) is 0 Å². The third-order valence-electron chi connectivity index (χ3n) is 3.15. The summed E-state index contributed by atoms with van der Waals surface area (Å²) in [5.41, 5.74) is 8.10.